The molecule has 0 aliphatic heterocycles. The maximum absolute atomic E-state index is 12.4. The maximum Gasteiger partial charge on any atom is 0.324 e. The van der Waals surface area contributed by atoms with E-state index < -0.39 is 29.2 Å². The van der Waals surface area contributed by atoms with Gasteiger partial charge in [0, 0.05) is 0 Å². The zero-order valence-corrected chi connectivity index (χ0v) is 15.9. The lowest BCUT2D eigenvalue weighted by atomic mass is 10.1. The van der Waals surface area contributed by atoms with E-state index in [-0.39, 0.29) is 12.3 Å². The number of carbonyl (C=O) groups excluding carboxylic acids is 2. The van der Waals surface area contributed by atoms with Crippen LogP contribution >= 0.6 is 0 Å². The Labute approximate surface area is 149 Å². The first-order chi connectivity index (χ1) is 11.4. The molecule has 0 heterocycles. The lowest BCUT2D eigenvalue weighted by molar-refractivity contribution is -0.158. The number of phenolic OH excluding ortho intramolecular Hbond substituents is 1. The van der Waals surface area contributed by atoms with Gasteiger partial charge in [0.25, 0.3) is 0 Å². The number of esters is 2. The molecule has 25 heavy (non-hydrogen) atoms. The van der Waals surface area contributed by atoms with Crippen molar-refractivity contribution >= 4 is 11.9 Å². The molecule has 6 nitrogen and oxygen atoms in total. The smallest absolute Gasteiger partial charge is 0.324 e. The molecule has 0 spiro atoms. The summed E-state index contributed by atoms with van der Waals surface area (Å²) in [4.78, 5) is 24.3. The van der Waals surface area contributed by atoms with Gasteiger partial charge in [0.05, 0.1) is 6.54 Å². The van der Waals surface area contributed by atoms with Crippen LogP contribution in [0.25, 0.3) is 0 Å². The first kappa shape index (κ1) is 21.0. The van der Waals surface area contributed by atoms with E-state index in [2.05, 4.69) is 5.32 Å². The topological polar surface area (TPSA) is 84.9 Å². The summed E-state index contributed by atoms with van der Waals surface area (Å²) in [6, 6.07) is 5.85. The van der Waals surface area contributed by atoms with Crippen LogP contribution in [0, 0.1) is 0 Å². The van der Waals surface area contributed by atoms with E-state index in [9.17, 15) is 14.7 Å². The van der Waals surface area contributed by atoms with Crippen LogP contribution in [-0.2, 0) is 25.5 Å². The molecule has 6 heteroatoms. The summed E-state index contributed by atoms with van der Waals surface area (Å²) in [5.41, 5.74) is -0.375. The first-order valence-corrected chi connectivity index (χ1v) is 8.32. The van der Waals surface area contributed by atoms with Crippen LogP contribution < -0.4 is 5.32 Å². The highest BCUT2D eigenvalue weighted by molar-refractivity contribution is 5.78. The van der Waals surface area contributed by atoms with E-state index in [4.69, 9.17) is 9.47 Å². The average Bonchev–Trinajstić information content (AvgIpc) is 2.41. The van der Waals surface area contributed by atoms with E-state index in [0.29, 0.717) is 6.42 Å². The highest BCUT2D eigenvalue weighted by Gasteiger charge is 2.26. The van der Waals surface area contributed by atoms with Crippen molar-refractivity contribution in [2.45, 2.75) is 65.2 Å². The van der Waals surface area contributed by atoms with Crippen molar-refractivity contribution in [2.24, 2.45) is 0 Å². The summed E-state index contributed by atoms with van der Waals surface area (Å²) in [6.07, 6.45) is 0.331. The number of hydrogen-bond donors (Lipinski definition) is 2. The highest BCUT2D eigenvalue weighted by atomic mass is 16.6. The molecule has 1 rings (SSSR count). The fourth-order valence-corrected chi connectivity index (χ4v) is 2.06. The van der Waals surface area contributed by atoms with Crippen LogP contribution in [0.15, 0.2) is 24.3 Å². The van der Waals surface area contributed by atoms with Gasteiger partial charge in [-0.25, -0.2) is 0 Å². The molecule has 1 atom stereocenters. The third-order valence-corrected chi connectivity index (χ3v) is 2.98. The number of rotatable bonds is 6. The number of hydrogen-bond acceptors (Lipinski definition) is 6. The molecule has 140 valence electrons. The monoisotopic (exact) mass is 351 g/mol. The van der Waals surface area contributed by atoms with Gasteiger partial charge >= 0.3 is 11.9 Å². The Hall–Kier alpha value is -2.08. The number of aromatic hydroxyl groups is 1. The van der Waals surface area contributed by atoms with Gasteiger partial charge in [-0.2, -0.15) is 0 Å². The molecule has 0 saturated heterocycles. The Balaban J connectivity index is 2.78. The van der Waals surface area contributed by atoms with Gasteiger partial charge in [0.1, 0.15) is 23.0 Å². The molecule has 0 aliphatic rings. The van der Waals surface area contributed by atoms with Crippen molar-refractivity contribution in [1.82, 2.24) is 5.32 Å². The van der Waals surface area contributed by atoms with Crippen LogP contribution in [0.1, 0.15) is 47.1 Å². The Morgan fingerprint density at radius 2 is 1.52 bits per heavy atom. The van der Waals surface area contributed by atoms with Crippen molar-refractivity contribution in [3.63, 3.8) is 0 Å². The zero-order chi connectivity index (χ0) is 19.3. The summed E-state index contributed by atoms with van der Waals surface area (Å²) in [6.45, 7) is 10.6. The minimum Gasteiger partial charge on any atom is -0.508 e. The Bertz CT molecular complexity index is 581. The van der Waals surface area contributed by atoms with Gasteiger partial charge in [-0.3, -0.25) is 14.9 Å². The summed E-state index contributed by atoms with van der Waals surface area (Å²) in [7, 11) is 0. The molecule has 0 saturated carbocycles. The average molecular weight is 351 g/mol. The van der Waals surface area contributed by atoms with E-state index in [1.165, 1.54) is 0 Å². The second kappa shape index (κ2) is 8.34. The predicted octanol–water partition coefficient (Wildman–Crippen LogP) is 2.58. The van der Waals surface area contributed by atoms with E-state index in [1.54, 1.807) is 65.8 Å². The van der Waals surface area contributed by atoms with Crippen LogP contribution in [0.3, 0.4) is 0 Å². The normalized spacial score (nSPS) is 13.2. The minimum atomic E-state index is -0.698. The zero-order valence-electron chi connectivity index (χ0n) is 15.9. The van der Waals surface area contributed by atoms with Crippen LogP contribution in [0.4, 0.5) is 0 Å². The van der Waals surface area contributed by atoms with Gasteiger partial charge in [-0.1, -0.05) is 12.1 Å². The van der Waals surface area contributed by atoms with Gasteiger partial charge in [-0.05, 0) is 65.7 Å². The van der Waals surface area contributed by atoms with Crippen molar-refractivity contribution in [3.8, 4) is 5.75 Å². The Morgan fingerprint density at radius 3 is 2.00 bits per heavy atom. The molecule has 0 fully saturated rings. The molecule has 0 bridgehead atoms. The number of benzene rings is 1. The van der Waals surface area contributed by atoms with Crippen molar-refractivity contribution in [1.29, 1.82) is 0 Å². The number of phenols is 1. The predicted molar refractivity (Wildman–Crippen MR) is 95.3 cm³/mol. The quantitative estimate of drug-likeness (QED) is 0.766. The number of carbonyl (C=O) groups is 2. The maximum atomic E-state index is 12.4. The minimum absolute atomic E-state index is 0.0980. The van der Waals surface area contributed by atoms with Crippen LogP contribution in [0.2, 0.25) is 0 Å². The molecule has 0 radical (unpaired) electrons. The third-order valence-electron chi connectivity index (χ3n) is 2.98. The molecular formula is C19H29NO5. The standard InChI is InChI=1S/C19H29NO5/c1-18(2,3)24-16(22)12-20-15(17(23)25-19(4,5)6)11-13-7-9-14(21)10-8-13/h7-10,15,20-21H,11-12H2,1-6H3/t15-/m0/s1. The lowest BCUT2D eigenvalue weighted by Crippen LogP contribution is -2.45. The second-order valence-electron chi connectivity index (χ2n) is 7.92. The number of ether oxygens (including phenoxy) is 2. The van der Waals surface area contributed by atoms with Crippen molar-refractivity contribution in [3.05, 3.63) is 29.8 Å². The largest absolute Gasteiger partial charge is 0.508 e. The van der Waals surface area contributed by atoms with Crippen molar-refractivity contribution in [2.75, 3.05) is 6.54 Å². The van der Waals surface area contributed by atoms with Crippen LogP contribution in [-0.4, -0.2) is 40.8 Å². The van der Waals surface area contributed by atoms with Gasteiger partial charge in [-0.15, -0.1) is 0 Å². The van der Waals surface area contributed by atoms with Gasteiger partial charge < -0.3 is 14.6 Å². The fourth-order valence-electron chi connectivity index (χ4n) is 2.06. The van der Waals surface area contributed by atoms with Gasteiger partial charge in [0.15, 0.2) is 0 Å². The Morgan fingerprint density at radius 1 is 1.00 bits per heavy atom. The van der Waals surface area contributed by atoms with E-state index in [0.717, 1.165) is 5.56 Å². The van der Waals surface area contributed by atoms with Crippen LogP contribution in [0.5, 0.6) is 5.75 Å². The summed E-state index contributed by atoms with van der Waals surface area (Å²) in [5, 5.41) is 12.3. The first-order valence-electron chi connectivity index (χ1n) is 8.32. The molecule has 1 aromatic carbocycles. The SMILES string of the molecule is CC(C)(C)OC(=O)CN[C@@H](Cc1ccc(O)cc1)C(=O)OC(C)(C)C. The summed E-state index contributed by atoms with van der Waals surface area (Å²) in [5.74, 6) is -0.727. The Kier molecular flexibility index (Phi) is 6.99. The molecule has 2 N–H and O–H groups in total. The third kappa shape index (κ3) is 9.10. The molecule has 0 aromatic heterocycles. The second-order valence-corrected chi connectivity index (χ2v) is 7.92. The van der Waals surface area contributed by atoms with Gasteiger partial charge in [0.2, 0.25) is 0 Å². The summed E-state index contributed by atoms with van der Waals surface area (Å²) >= 11 is 0. The lowest BCUT2D eigenvalue weighted by Gasteiger charge is -2.25. The fraction of sp³-hybridized carbons (Fsp3) is 0.579. The molecule has 1 aromatic rings. The molecule has 0 unspecified atom stereocenters. The molecule has 0 aliphatic carbocycles. The van der Waals surface area contributed by atoms with Crippen molar-refractivity contribution < 1.29 is 24.2 Å². The summed E-state index contributed by atoms with van der Waals surface area (Å²) < 4.78 is 10.7. The van der Waals surface area contributed by atoms with E-state index >= 15 is 0 Å². The van der Waals surface area contributed by atoms with E-state index in [1.807, 2.05) is 0 Å². The highest BCUT2D eigenvalue weighted by Crippen LogP contribution is 2.14. The molecule has 0 amide bonds. The number of nitrogens with one attached hydrogen (secondary N) is 1. The molecular weight excluding hydrogens is 322 g/mol.